The average molecular weight is 250 g/mol. The van der Waals surface area contributed by atoms with Crippen molar-refractivity contribution < 1.29 is 18.4 Å². The van der Waals surface area contributed by atoms with Crippen LogP contribution in [-0.2, 0) is 18.4 Å². The molecule has 0 saturated carbocycles. The van der Waals surface area contributed by atoms with E-state index in [0.717, 1.165) is 12.8 Å². The summed E-state index contributed by atoms with van der Waals surface area (Å²) in [5.41, 5.74) is -0.654. The maximum atomic E-state index is 12.3. The fourth-order valence-electron chi connectivity index (χ4n) is 1.36. The zero-order valence-corrected chi connectivity index (χ0v) is 11.6. The predicted octanol–water partition coefficient (Wildman–Crippen LogP) is 3.40. The average Bonchev–Trinajstić information content (AvgIpc) is 2.25. The molecule has 0 aliphatic carbocycles. The first-order valence-electron chi connectivity index (χ1n) is 5.93. The predicted molar refractivity (Wildman–Crippen MR) is 64.9 cm³/mol. The molecule has 96 valence electrons. The van der Waals surface area contributed by atoms with Gasteiger partial charge in [-0.25, -0.2) is 0 Å². The SMILES string of the molecule is CCCCC(=O)C(C)P(=O)(OCC)OCC. The summed E-state index contributed by atoms with van der Waals surface area (Å²) in [6, 6.07) is 0. The minimum absolute atomic E-state index is 0.0351. The Balaban J connectivity index is 4.53. The molecule has 0 amide bonds. The molecule has 16 heavy (non-hydrogen) atoms. The Kier molecular flexibility index (Phi) is 7.90. The summed E-state index contributed by atoms with van der Waals surface area (Å²) in [5.74, 6) is -0.0351. The third kappa shape index (κ3) is 4.77. The van der Waals surface area contributed by atoms with E-state index in [1.807, 2.05) is 6.92 Å². The van der Waals surface area contributed by atoms with Gasteiger partial charge in [0.2, 0.25) is 0 Å². The Bertz CT molecular complexity index is 242. The normalized spacial score (nSPS) is 13.8. The number of rotatable bonds is 9. The molecule has 0 aromatic heterocycles. The molecule has 0 aromatic carbocycles. The summed E-state index contributed by atoms with van der Waals surface area (Å²) in [6.45, 7) is 7.72. The van der Waals surface area contributed by atoms with E-state index in [2.05, 4.69) is 0 Å². The first-order valence-corrected chi connectivity index (χ1v) is 7.54. The van der Waals surface area contributed by atoms with E-state index in [4.69, 9.17) is 9.05 Å². The summed E-state index contributed by atoms with van der Waals surface area (Å²) in [6.07, 6.45) is 2.22. The first-order chi connectivity index (χ1) is 7.51. The smallest absolute Gasteiger partial charge is 0.308 e. The van der Waals surface area contributed by atoms with Crippen LogP contribution in [0, 0.1) is 0 Å². The molecular formula is C11H23O4P. The van der Waals surface area contributed by atoms with Crippen molar-refractivity contribution in [3.8, 4) is 0 Å². The Morgan fingerprint density at radius 3 is 2.06 bits per heavy atom. The van der Waals surface area contributed by atoms with Gasteiger partial charge in [0.05, 0.1) is 13.2 Å². The molecule has 1 unspecified atom stereocenters. The van der Waals surface area contributed by atoms with E-state index in [-0.39, 0.29) is 5.78 Å². The molecule has 1 atom stereocenters. The fraction of sp³-hybridized carbons (Fsp3) is 0.909. The van der Waals surface area contributed by atoms with Crippen molar-refractivity contribution in [1.82, 2.24) is 0 Å². The van der Waals surface area contributed by atoms with Gasteiger partial charge in [0.15, 0.2) is 0 Å². The van der Waals surface area contributed by atoms with Crippen LogP contribution in [0.4, 0.5) is 0 Å². The van der Waals surface area contributed by atoms with E-state index in [0.29, 0.717) is 19.6 Å². The molecule has 0 N–H and O–H groups in total. The molecule has 5 heteroatoms. The standard InChI is InChI=1S/C11H23O4P/c1-5-8-9-11(12)10(4)16(13,14-6-2)15-7-3/h10H,5-9H2,1-4H3. The van der Waals surface area contributed by atoms with Crippen LogP contribution in [0.3, 0.4) is 0 Å². The highest BCUT2D eigenvalue weighted by Gasteiger charge is 2.36. The van der Waals surface area contributed by atoms with Gasteiger partial charge in [-0.3, -0.25) is 9.36 Å². The second-order valence-electron chi connectivity index (χ2n) is 3.62. The van der Waals surface area contributed by atoms with Gasteiger partial charge in [0, 0.05) is 6.42 Å². The summed E-state index contributed by atoms with van der Waals surface area (Å²) in [7, 11) is -3.26. The highest BCUT2D eigenvalue weighted by Crippen LogP contribution is 2.53. The lowest BCUT2D eigenvalue weighted by molar-refractivity contribution is -0.118. The largest absolute Gasteiger partial charge is 0.340 e. The Labute approximate surface area is 98.2 Å². The number of ketones is 1. The third-order valence-corrected chi connectivity index (χ3v) is 4.81. The molecule has 0 aromatic rings. The molecule has 0 aliphatic rings. The minimum Gasteiger partial charge on any atom is -0.308 e. The third-order valence-electron chi connectivity index (χ3n) is 2.34. The number of carbonyl (C=O) groups excluding carboxylic acids is 1. The van der Waals surface area contributed by atoms with Gasteiger partial charge in [-0.05, 0) is 27.2 Å². The van der Waals surface area contributed by atoms with Gasteiger partial charge in [-0.15, -0.1) is 0 Å². The van der Waals surface area contributed by atoms with E-state index in [1.54, 1.807) is 20.8 Å². The zero-order chi connectivity index (χ0) is 12.6. The van der Waals surface area contributed by atoms with Crippen molar-refractivity contribution in [3.63, 3.8) is 0 Å². The molecule has 0 radical (unpaired) electrons. The van der Waals surface area contributed by atoms with Crippen molar-refractivity contribution in [2.45, 2.75) is 52.6 Å². The van der Waals surface area contributed by atoms with Crippen LogP contribution >= 0.6 is 7.60 Å². The van der Waals surface area contributed by atoms with E-state index in [9.17, 15) is 9.36 Å². The molecule has 4 nitrogen and oxygen atoms in total. The van der Waals surface area contributed by atoms with E-state index >= 15 is 0 Å². The second-order valence-corrected chi connectivity index (χ2v) is 5.99. The lowest BCUT2D eigenvalue weighted by atomic mass is 10.1. The highest BCUT2D eigenvalue weighted by atomic mass is 31.2. The van der Waals surface area contributed by atoms with Crippen LogP contribution in [0.15, 0.2) is 0 Å². The van der Waals surface area contributed by atoms with Crippen LogP contribution in [0.25, 0.3) is 0 Å². The Hall–Kier alpha value is -0.180. The summed E-state index contributed by atoms with van der Waals surface area (Å²) in [5, 5.41) is 0. The fourth-order valence-corrected chi connectivity index (χ4v) is 3.08. The number of hydrogen-bond donors (Lipinski definition) is 0. The highest BCUT2D eigenvalue weighted by molar-refractivity contribution is 7.55. The lowest BCUT2D eigenvalue weighted by Gasteiger charge is -2.22. The first kappa shape index (κ1) is 15.8. The monoisotopic (exact) mass is 250 g/mol. The van der Waals surface area contributed by atoms with Crippen molar-refractivity contribution in [1.29, 1.82) is 0 Å². The zero-order valence-electron chi connectivity index (χ0n) is 10.7. The van der Waals surface area contributed by atoms with Crippen molar-refractivity contribution in [3.05, 3.63) is 0 Å². The molecule has 0 fully saturated rings. The van der Waals surface area contributed by atoms with Crippen molar-refractivity contribution in [2.75, 3.05) is 13.2 Å². The Morgan fingerprint density at radius 2 is 1.69 bits per heavy atom. The topological polar surface area (TPSA) is 52.6 Å². The molecular weight excluding hydrogens is 227 g/mol. The van der Waals surface area contributed by atoms with Crippen LogP contribution in [-0.4, -0.2) is 24.7 Å². The van der Waals surface area contributed by atoms with Gasteiger partial charge in [-0.2, -0.15) is 0 Å². The Morgan fingerprint density at radius 1 is 1.19 bits per heavy atom. The molecule has 0 heterocycles. The van der Waals surface area contributed by atoms with Crippen molar-refractivity contribution >= 4 is 13.4 Å². The van der Waals surface area contributed by atoms with Gasteiger partial charge >= 0.3 is 7.60 Å². The maximum absolute atomic E-state index is 12.3. The van der Waals surface area contributed by atoms with E-state index < -0.39 is 13.3 Å². The van der Waals surface area contributed by atoms with Gasteiger partial charge < -0.3 is 9.05 Å². The molecule has 0 bridgehead atoms. The minimum atomic E-state index is -3.26. The summed E-state index contributed by atoms with van der Waals surface area (Å²) < 4.78 is 22.5. The molecule has 0 rings (SSSR count). The second kappa shape index (κ2) is 7.99. The molecule has 0 spiro atoms. The maximum Gasteiger partial charge on any atom is 0.340 e. The van der Waals surface area contributed by atoms with Crippen LogP contribution in [0.1, 0.15) is 47.0 Å². The van der Waals surface area contributed by atoms with Gasteiger partial charge in [0.25, 0.3) is 0 Å². The van der Waals surface area contributed by atoms with Gasteiger partial charge in [-0.1, -0.05) is 13.3 Å². The van der Waals surface area contributed by atoms with Gasteiger partial charge in [0.1, 0.15) is 11.4 Å². The van der Waals surface area contributed by atoms with Crippen LogP contribution < -0.4 is 0 Å². The number of hydrogen-bond acceptors (Lipinski definition) is 4. The summed E-state index contributed by atoms with van der Waals surface area (Å²) in [4.78, 5) is 11.8. The number of unbranched alkanes of at least 4 members (excludes halogenated alkanes) is 1. The summed E-state index contributed by atoms with van der Waals surface area (Å²) >= 11 is 0. The van der Waals surface area contributed by atoms with Crippen LogP contribution in [0.5, 0.6) is 0 Å². The molecule has 0 aliphatic heterocycles. The lowest BCUT2D eigenvalue weighted by Crippen LogP contribution is -2.20. The number of Topliss-reactive ketones (excluding diaryl/α,β-unsaturated/α-hetero) is 1. The quantitative estimate of drug-likeness (QED) is 0.588. The van der Waals surface area contributed by atoms with E-state index in [1.165, 1.54) is 0 Å². The van der Waals surface area contributed by atoms with Crippen LogP contribution in [0.2, 0.25) is 0 Å². The molecule has 0 saturated heterocycles. The van der Waals surface area contributed by atoms with Crippen molar-refractivity contribution in [2.24, 2.45) is 0 Å². The number of carbonyl (C=O) groups is 1.